The Labute approximate surface area is 132 Å². The molecule has 4 heteroatoms. The molecule has 2 saturated carbocycles. The number of benzene rings is 1. The highest BCUT2D eigenvalue weighted by Gasteiger charge is 2.29. The molecule has 2 aliphatic carbocycles. The highest BCUT2D eigenvalue weighted by Crippen LogP contribution is 2.30. The van der Waals surface area contributed by atoms with Crippen LogP contribution in [0.2, 0.25) is 0 Å². The van der Waals surface area contributed by atoms with E-state index in [1.807, 2.05) is 12.1 Å². The Bertz CT molecular complexity index is 510. The number of hydrogen-bond acceptors (Lipinski definition) is 3. The summed E-state index contributed by atoms with van der Waals surface area (Å²) in [6, 6.07) is 8.42. The first-order chi connectivity index (χ1) is 10.6. The van der Waals surface area contributed by atoms with Gasteiger partial charge in [0.1, 0.15) is 0 Å². The lowest BCUT2D eigenvalue weighted by molar-refractivity contribution is -0.117. The average molecular weight is 302 g/mol. The van der Waals surface area contributed by atoms with Crippen molar-refractivity contribution < 1.29 is 9.90 Å². The van der Waals surface area contributed by atoms with E-state index in [0.717, 1.165) is 37.8 Å². The van der Waals surface area contributed by atoms with E-state index in [0.29, 0.717) is 0 Å². The van der Waals surface area contributed by atoms with E-state index in [-0.39, 0.29) is 30.0 Å². The molecule has 0 bridgehead atoms. The van der Waals surface area contributed by atoms with E-state index in [9.17, 15) is 9.90 Å². The molecule has 2 aliphatic rings. The van der Waals surface area contributed by atoms with E-state index in [2.05, 4.69) is 29.7 Å². The largest absolute Gasteiger partial charge is 0.392 e. The van der Waals surface area contributed by atoms with Crippen LogP contribution in [0.25, 0.3) is 0 Å². The number of hydrogen-bond donors (Lipinski definition) is 3. The molecule has 0 unspecified atom stereocenters. The van der Waals surface area contributed by atoms with Gasteiger partial charge in [-0.25, -0.2) is 0 Å². The van der Waals surface area contributed by atoms with Crippen molar-refractivity contribution in [1.82, 2.24) is 5.32 Å². The molecule has 1 aromatic rings. The van der Waals surface area contributed by atoms with Crippen LogP contribution in [0.3, 0.4) is 0 Å². The van der Waals surface area contributed by atoms with Crippen LogP contribution in [0.15, 0.2) is 24.3 Å². The number of carbonyl (C=O) groups is 1. The minimum atomic E-state index is -0.228. The third-order valence-corrected chi connectivity index (χ3v) is 4.82. The lowest BCUT2D eigenvalue weighted by atomic mass is 9.91. The van der Waals surface area contributed by atoms with Gasteiger partial charge in [-0.3, -0.25) is 4.79 Å². The molecule has 22 heavy (non-hydrogen) atoms. The number of aliphatic hydroxyl groups is 1. The molecule has 3 atom stereocenters. The predicted octanol–water partition coefficient (Wildman–Crippen LogP) is 2.99. The smallest absolute Gasteiger partial charge is 0.227 e. The van der Waals surface area contributed by atoms with Gasteiger partial charge in [-0.2, -0.15) is 0 Å². The minimum Gasteiger partial charge on any atom is -0.392 e. The number of amides is 1. The van der Waals surface area contributed by atoms with E-state index < -0.39 is 0 Å². The average Bonchev–Trinajstić information content (AvgIpc) is 3.35. The second-order valence-corrected chi connectivity index (χ2v) is 6.73. The summed E-state index contributed by atoms with van der Waals surface area (Å²) < 4.78 is 0. The molecule has 0 heterocycles. The molecule has 4 nitrogen and oxygen atoms in total. The first-order valence-corrected chi connectivity index (χ1v) is 8.48. The normalized spacial score (nSPS) is 26.5. The number of anilines is 1. The second-order valence-electron chi connectivity index (χ2n) is 6.73. The van der Waals surface area contributed by atoms with Crippen molar-refractivity contribution in [2.75, 3.05) is 5.32 Å². The minimum absolute atomic E-state index is 0.143. The lowest BCUT2D eigenvalue weighted by Crippen LogP contribution is -2.43. The topological polar surface area (TPSA) is 61.4 Å². The van der Waals surface area contributed by atoms with Crippen molar-refractivity contribution in [3.8, 4) is 0 Å². The van der Waals surface area contributed by atoms with Gasteiger partial charge >= 0.3 is 0 Å². The number of nitrogens with one attached hydrogen (secondary N) is 2. The van der Waals surface area contributed by atoms with Crippen molar-refractivity contribution in [1.29, 1.82) is 0 Å². The van der Waals surface area contributed by atoms with Crippen LogP contribution < -0.4 is 10.6 Å². The lowest BCUT2D eigenvalue weighted by Gasteiger charge is -2.31. The molecule has 0 spiro atoms. The Morgan fingerprint density at radius 2 is 1.82 bits per heavy atom. The standard InChI is InChI=1S/C18H26N2O2/c1-12(19-16-4-2-3-5-17(16)21)13-8-10-15(11-9-13)20-18(22)14-6-7-14/h8-12,14,16-17,19,21H,2-7H2,1H3,(H,20,22)/t12-,16+,17+/m0/s1. The monoisotopic (exact) mass is 302 g/mol. The predicted molar refractivity (Wildman–Crippen MR) is 87.6 cm³/mol. The molecule has 1 amide bonds. The molecule has 2 fully saturated rings. The molecule has 0 aliphatic heterocycles. The van der Waals surface area contributed by atoms with Crippen LogP contribution in [0.5, 0.6) is 0 Å². The van der Waals surface area contributed by atoms with Crippen LogP contribution in [0.1, 0.15) is 57.1 Å². The fraction of sp³-hybridized carbons (Fsp3) is 0.611. The quantitative estimate of drug-likeness (QED) is 0.783. The van der Waals surface area contributed by atoms with Gasteiger partial charge in [0, 0.05) is 23.7 Å². The Hall–Kier alpha value is -1.39. The molecule has 1 aromatic carbocycles. The molecule has 0 saturated heterocycles. The highest BCUT2D eigenvalue weighted by atomic mass is 16.3. The van der Waals surface area contributed by atoms with Crippen molar-refractivity contribution in [2.24, 2.45) is 5.92 Å². The van der Waals surface area contributed by atoms with Crippen LogP contribution >= 0.6 is 0 Å². The van der Waals surface area contributed by atoms with Gasteiger partial charge in [-0.15, -0.1) is 0 Å². The Morgan fingerprint density at radius 1 is 1.14 bits per heavy atom. The zero-order valence-electron chi connectivity index (χ0n) is 13.2. The summed E-state index contributed by atoms with van der Waals surface area (Å²) in [4.78, 5) is 11.7. The maximum Gasteiger partial charge on any atom is 0.227 e. The molecule has 0 radical (unpaired) electrons. The summed E-state index contributed by atoms with van der Waals surface area (Å²) in [7, 11) is 0. The third kappa shape index (κ3) is 3.87. The number of carbonyl (C=O) groups excluding carboxylic acids is 1. The first-order valence-electron chi connectivity index (χ1n) is 8.48. The summed E-state index contributed by atoms with van der Waals surface area (Å²) in [5, 5.41) is 16.6. The van der Waals surface area contributed by atoms with E-state index >= 15 is 0 Å². The van der Waals surface area contributed by atoms with Gasteiger partial charge in [-0.1, -0.05) is 25.0 Å². The van der Waals surface area contributed by atoms with Gasteiger partial charge in [0.15, 0.2) is 0 Å². The molecule has 120 valence electrons. The Morgan fingerprint density at radius 3 is 2.45 bits per heavy atom. The number of rotatable bonds is 5. The van der Waals surface area contributed by atoms with Crippen molar-refractivity contribution in [3.05, 3.63) is 29.8 Å². The van der Waals surface area contributed by atoms with E-state index in [1.54, 1.807) is 0 Å². The summed E-state index contributed by atoms with van der Waals surface area (Å²) in [6.07, 6.45) is 6.07. The summed E-state index contributed by atoms with van der Waals surface area (Å²) in [6.45, 7) is 2.12. The maximum absolute atomic E-state index is 11.7. The van der Waals surface area contributed by atoms with Crippen LogP contribution in [0, 0.1) is 5.92 Å². The van der Waals surface area contributed by atoms with Crippen LogP contribution in [0.4, 0.5) is 5.69 Å². The Balaban J connectivity index is 1.55. The van der Waals surface area contributed by atoms with Crippen LogP contribution in [-0.2, 0) is 4.79 Å². The molecule has 3 rings (SSSR count). The van der Waals surface area contributed by atoms with Crippen molar-refractivity contribution in [3.63, 3.8) is 0 Å². The zero-order valence-corrected chi connectivity index (χ0v) is 13.2. The fourth-order valence-electron chi connectivity index (χ4n) is 3.17. The van der Waals surface area contributed by atoms with Gasteiger partial charge in [0.25, 0.3) is 0 Å². The highest BCUT2D eigenvalue weighted by molar-refractivity contribution is 5.93. The molecule has 0 aromatic heterocycles. The van der Waals surface area contributed by atoms with Gasteiger partial charge in [0.2, 0.25) is 5.91 Å². The second kappa shape index (κ2) is 6.80. The van der Waals surface area contributed by atoms with E-state index in [1.165, 1.54) is 12.0 Å². The summed E-state index contributed by atoms with van der Waals surface area (Å²) in [5.41, 5.74) is 2.05. The first kappa shape index (κ1) is 15.5. The summed E-state index contributed by atoms with van der Waals surface area (Å²) >= 11 is 0. The summed E-state index contributed by atoms with van der Waals surface area (Å²) in [5.74, 6) is 0.373. The van der Waals surface area contributed by atoms with Gasteiger partial charge < -0.3 is 15.7 Å². The molecule has 3 N–H and O–H groups in total. The SMILES string of the molecule is C[C@H](N[C@@H]1CCCC[C@H]1O)c1ccc(NC(=O)C2CC2)cc1. The Kier molecular flexibility index (Phi) is 4.79. The van der Waals surface area contributed by atoms with Crippen LogP contribution in [-0.4, -0.2) is 23.2 Å². The maximum atomic E-state index is 11.7. The fourth-order valence-corrected chi connectivity index (χ4v) is 3.17. The third-order valence-electron chi connectivity index (χ3n) is 4.82. The zero-order chi connectivity index (χ0) is 15.5. The molecular formula is C18H26N2O2. The van der Waals surface area contributed by atoms with E-state index in [4.69, 9.17) is 0 Å². The number of aliphatic hydroxyl groups excluding tert-OH is 1. The molecular weight excluding hydrogens is 276 g/mol. The van der Waals surface area contributed by atoms with Crippen molar-refractivity contribution in [2.45, 2.75) is 63.6 Å². The van der Waals surface area contributed by atoms with Crippen molar-refractivity contribution >= 4 is 11.6 Å². The van der Waals surface area contributed by atoms with Gasteiger partial charge in [-0.05, 0) is 50.3 Å². The van der Waals surface area contributed by atoms with Gasteiger partial charge in [0.05, 0.1) is 6.10 Å².